The van der Waals surface area contributed by atoms with Gasteiger partial charge in [0.15, 0.2) is 0 Å². The average molecular weight is 314 g/mol. The summed E-state index contributed by atoms with van der Waals surface area (Å²) in [5.41, 5.74) is 2.22. The fourth-order valence-corrected chi connectivity index (χ4v) is 2.24. The number of halogens is 1. The topological polar surface area (TPSA) is 41.5 Å². The predicted molar refractivity (Wildman–Crippen MR) is 76.9 cm³/mol. The van der Waals surface area contributed by atoms with Crippen LogP contribution >= 0.6 is 15.9 Å². The van der Waals surface area contributed by atoms with E-state index in [1.807, 2.05) is 19.1 Å². The highest BCUT2D eigenvalue weighted by atomic mass is 79.9. The van der Waals surface area contributed by atoms with Crippen LogP contribution in [-0.2, 0) is 4.74 Å². The van der Waals surface area contributed by atoms with E-state index in [0.717, 1.165) is 28.2 Å². The fourth-order valence-electron chi connectivity index (χ4n) is 1.77. The van der Waals surface area contributed by atoms with Crippen LogP contribution in [0.1, 0.15) is 18.4 Å². The zero-order valence-corrected chi connectivity index (χ0v) is 12.2. The summed E-state index contributed by atoms with van der Waals surface area (Å²) >= 11 is 3.43. The zero-order valence-electron chi connectivity index (χ0n) is 10.7. The Labute approximate surface area is 117 Å². The van der Waals surface area contributed by atoms with Crippen molar-refractivity contribution in [3.63, 3.8) is 0 Å². The van der Waals surface area contributed by atoms with Gasteiger partial charge in [0.25, 0.3) is 0 Å². The number of anilines is 1. The van der Waals surface area contributed by atoms with Crippen molar-refractivity contribution in [2.45, 2.75) is 25.9 Å². The van der Waals surface area contributed by atoms with Gasteiger partial charge < -0.3 is 15.2 Å². The Morgan fingerprint density at radius 1 is 1.50 bits per heavy atom. The normalized spacial score (nSPS) is 16.6. The zero-order chi connectivity index (χ0) is 13.0. The number of rotatable bonds is 7. The molecule has 1 aromatic rings. The van der Waals surface area contributed by atoms with Crippen molar-refractivity contribution in [2.75, 3.05) is 25.1 Å². The lowest BCUT2D eigenvalue weighted by Crippen LogP contribution is -2.25. The molecule has 2 N–H and O–H groups in total. The molecule has 3 nitrogen and oxygen atoms in total. The lowest BCUT2D eigenvalue weighted by molar-refractivity contribution is 0.0386. The monoisotopic (exact) mass is 313 g/mol. The van der Waals surface area contributed by atoms with Crippen molar-refractivity contribution in [3.05, 3.63) is 28.2 Å². The van der Waals surface area contributed by atoms with Gasteiger partial charge >= 0.3 is 0 Å². The van der Waals surface area contributed by atoms with Gasteiger partial charge in [0.2, 0.25) is 0 Å². The van der Waals surface area contributed by atoms with Crippen LogP contribution in [0, 0.1) is 12.8 Å². The Morgan fingerprint density at radius 3 is 2.94 bits per heavy atom. The average Bonchev–Trinajstić information content (AvgIpc) is 3.12. The number of nitrogens with one attached hydrogen (secondary N) is 1. The summed E-state index contributed by atoms with van der Waals surface area (Å²) in [5, 5.41) is 13.0. The Morgan fingerprint density at radius 2 is 2.28 bits per heavy atom. The van der Waals surface area contributed by atoms with Crippen molar-refractivity contribution < 1.29 is 9.84 Å². The summed E-state index contributed by atoms with van der Waals surface area (Å²) < 4.78 is 6.53. The molecule has 0 aromatic heterocycles. The third-order valence-corrected chi connectivity index (χ3v) is 3.57. The van der Waals surface area contributed by atoms with Crippen LogP contribution in [0.5, 0.6) is 0 Å². The first kappa shape index (κ1) is 13.8. The van der Waals surface area contributed by atoms with Gasteiger partial charge in [-0.15, -0.1) is 0 Å². The van der Waals surface area contributed by atoms with Gasteiger partial charge in [-0.3, -0.25) is 0 Å². The number of hydrogen-bond donors (Lipinski definition) is 2. The standard InChI is InChI=1S/C14H20BrNO2/c1-10-6-12(15)4-5-14(10)16-7-13(17)9-18-8-11-2-3-11/h4-6,11,13,16-17H,2-3,7-9H2,1H3. The molecule has 2 rings (SSSR count). The van der Waals surface area contributed by atoms with Crippen LogP contribution in [0.15, 0.2) is 22.7 Å². The predicted octanol–water partition coefficient (Wildman–Crippen LogP) is 2.96. The SMILES string of the molecule is Cc1cc(Br)ccc1NCC(O)COCC1CC1. The quantitative estimate of drug-likeness (QED) is 0.813. The molecule has 1 aliphatic carbocycles. The molecule has 4 heteroatoms. The number of aliphatic hydroxyl groups is 1. The first-order valence-corrected chi connectivity index (χ1v) is 7.20. The van der Waals surface area contributed by atoms with E-state index in [1.165, 1.54) is 12.8 Å². The molecule has 0 bridgehead atoms. The molecule has 1 atom stereocenters. The molecule has 0 amide bonds. The molecule has 1 aliphatic rings. The van der Waals surface area contributed by atoms with Gasteiger partial charge in [-0.1, -0.05) is 15.9 Å². The van der Waals surface area contributed by atoms with Crippen LogP contribution < -0.4 is 5.32 Å². The van der Waals surface area contributed by atoms with Gasteiger partial charge in [0.05, 0.1) is 12.7 Å². The molecule has 1 saturated carbocycles. The second-order valence-electron chi connectivity index (χ2n) is 4.97. The van der Waals surface area contributed by atoms with E-state index in [2.05, 4.69) is 27.3 Å². The minimum absolute atomic E-state index is 0.416. The summed E-state index contributed by atoms with van der Waals surface area (Å²) in [7, 11) is 0. The largest absolute Gasteiger partial charge is 0.389 e. The summed E-state index contributed by atoms with van der Waals surface area (Å²) in [6.45, 7) is 3.78. The van der Waals surface area contributed by atoms with Crippen molar-refractivity contribution in [3.8, 4) is 0 Å². The molecule has 100 valence electrons. The van der Waals surface area contributed by atoms with Gasteiger partial charge in [-0.2, -0.15) is 0 Å². The highest BCUT2D eigenvalue weighted by Gasteiger charge is 2.21. The third-order valence-electron chi connectivity index (χ3n) is 3.08. The second-order valence-corrected chi connectivity index (χ2v) is 5.89. The first-order valence-electron chi connectivity index (χ1n) is 6.41. The minimum Gasteiger partial charge on any atom is -0.389 e. The van der Waals surface area contributed by atoms with E-state index in [0.29, 0.717) is 13.2 Å². The summed E-state index contributed by atoms with van der Waals surface area (Å²) in [6.07, 6.45) is 2.12. The van der Waals surface area contributed by atoms with Gasteiger partial charge in [-0.05, 0) is 49.4 Å². The Kier molecular flexibility index (Phi) is 5.03. The number of aliphatic hydroxyl groups excluding tert-OH is 1. The molecule has 0 saturated heterocycles. The third kappa shape index (κ3) is 4.59. The summed E-state index contributed by atoms with van der Waals surface area (Å²) in [4.78, 5) is 0. The lowest BCUT2D eigenvalue weighted by Gasteiger charge is -2.14. The Bertz CT molecular complexity index is 393. The van der Waals surface area contributed by atoms with E-state index in [9.17, 15) is 5.11 Å². The highest BCUT2D eigenvalue weighted by molar-refractivity contribution is 9.10. The van der Waals surface area contributed by atoms with Crippen molar-refractivity contribution in [1.29, 1.82) is 0 Å². The van der Waals surface area contributed by atoms with Crippen LogP contribution in [0.25, 0.3) is 0 Å². The van der Waals surface area contributed by atoms with Crippen LogP contribution in [0.4, 0.5) is 5.69 Å². The minimum atomic E-state index is -0.452. The number of hydrogen-bond acceptors (Lipinski definition) is 3. The van der Waals surface area contributed by atoms with Gasteiger partial charge in [0, 0.05) is 23.3 Å². The summed E-state index contributed by atoms with van der Waals surface area (Å²) in [5.74, 6) is 0.749. The van der Waals surface area contributed by atoms with E-state index in [4.69, 9.17) is 4.74 Å². The van der Waals surface area contributed by atoms with Crippen LogP contribution in [0.2, 0.25) is 0 Å². The molecule has 0 spiro atoms. The van der Waals surface area contributed by atoms with Crippen molar-refractivity contribution in [2.24, 2.45) is 5.92 Å². The number of benzene rings is 1. The van der Waals surface area contributed by atoms with Gasteiger partial charge in [0.1, 0.15) is 0 Å². The lowest BCUT2D eigenvalue weighted by atomic mass is 10.2. The smallest absolute Gasteiger partial charge is 0.0945 e. The summed E-state index contributed by atoms with van der Waals surface area (Å²) in [6, 6.07) is 6.06. The fraction of sp³-hybridized carbons (Fsp3) is 0.571. The molecular weight excluding hydrogens is 294 g/mol. The maximum Gasteiger partial charge on any atom is 0.0945 e. The van der Waals surface area contributed by atoms with Crippen LogP contribution in [0.3, 0.4) is 0 Å². The maximum absolute atomic E-state index is 9.79. The molecule has 18 heavy (non-hydrogen) atoms. The molecular formula is C14H20BrNO2. The van der Waals surface area contributed by atoms with Crippen molar-refractivity contribution >= 4 is 21.6 Å². The molecule has 1 aromatic carbocycles. The second kappa shape index (κ2) is 6.55. The number of aryl methyl sites for hydroxylation is 1. The van der Waals surface area contributed by atoms with Crippen LogP contribution in [-0.4, -0.2) is 31.0 Å². The molecule has 0 heterocycles. The van der Waals surface area contributed by atoms with Gasteiger partial charge in [-0.25, -0.2) is 0 Å². The van der Waals surface area contributed by atoms with E-state index < -0.39 is 6.10 Å². The molecule has 1 fully saturated rings. The van der Waals surface area contributed by atoms with E-state index in [1.54, 1.807) is 0 Å². The molecule has 1 unspecified atom stereocenters. The first-order chi connectivity index (χ1) is 8.65. The molecule has 0 aliphatic heterocycles. The van der Waals surface area contributed by atoms with Crippen molar-refractivity contribution in [1.82, 2.24) is 0 Å². The van der Waals surface area contributed by atoms with E-state index >= 15 is 0 Å². The molecule has 0 radical (unpaired) electrons. The van der Waals surface area contributed by atoms with E-state index in [-0.39, 0.29) is 0 Å². The Hall–Kier alpha value is -0.580. The highest BCUT2D eigenvalue weighted by Crippen LogP contribution is 2.28. The number of ether oxygens (including phenoxy) is 1. The maximum atomic E-state index is 9.79. The Balaban J connectivity index is 1.68.